The van der Waals surface area contributed by atoms with Crippen LogP contribution in [0.5, 0.6) is 0 Å². The maximum atomic E-state index is 11.2. The zero-order chi connectivity index (χ0) is 8.27. The molecule has 1 aliphatic carbocycles. The SMILES string of the molecule is CCOC(=O)[C@H](C)C1CCC1. The van der Waals surface area contributed by atoms with Gasteiger partial charge in [0.05, 0.1) is 12.5 Å². The molecule has 0 unspecified atom stereocenters. The molecule has 0 aromatic rings. The predicted octanol–water partition coefficient (Wildman–Crippen LogP) is 1.99. The molecule has 2 nitrogen and oxygen atoms in total. The minimum absolute atomic E-state index is 0.0165. The van der Waals surface area contributed by atoms with E-state index in [9.17, 15) is 4.79 Å². The number of ether oxygens (including phenoxy) is 1. The average molecular weight is 156 g/mol. The van der Waals surface area contributed by atoms with Gasteiger partial charge in [0, 0.05) is 0 Å². The van der Waals surface area contributed by atoms with Crippen molar-refractivity contribution in [3.05, 3.63) is 0 Å². The lowest BCUT2D eigenvalue weighted by Crippen LogP contribution is -2.27. The van der Waals surface area contributed by atoms with Crippen LogP contribution in [-0.4, -0.2) is 12.6 Å². The highest BCUT2D eigenvalue weighted by Gasteiger charge is 2.29. The Morgan fingerprint density at radius 1 is 1.64 bits per heavy atom. The summed E-state index contributed by atoms with van der Waals surface area (Å²) >= 11 is 0. The van der Waals surface area contributed by atoms with Gasteiger partial charge in [-0.25, -0.2) is 0 Å². The molecule has 0 radical (unpaired) electrons. The van der Waals surface area contributed by atoms with Crippen LogP contribution in [-0.2, 0) is 9.53 Å². The van der Waals surface area contributed by atoms with Crippen LogP contribution in [0, 0.1) is 11.8 Å². The van der Waals surface area contributed by atoms with Crippen molar-refractivity contribution >= 4 is 5.97 Å². The number of hydrogen-bond donors (Lipinski definition) is 0. The largest absolute Gasteiger partial charge is 0.466 e. The Morgan fingerprint density at radius 2 is 2.27 bits per heavy atom. The monoisotopic (exact) mass is 156 g/mol. The van der Waals surface area contributed by atoms with Gasteiger partial charge in [0.25, 0.3) is 0 Å². The number of rotatable bonds is 3. The molecular weight excluding hydrogens is 140 g/mol. The topological polar surface area (TPSA) is 26.3 Å². The summed E-state index contributed by atoms with van der Waals surface area (Å²) in [6.45, 7) is 4.34. The Balaban J connectivity index is 2.27. The summed E-state index contributed by atoms with van der Waals surface area (Å²) in [4.78, 5) is 11.2. The van der Waals surface area contributed by atoms with Gasteiger partial charge in [-0.15, -0.1) is 0 Å². The highest BCUT2D eigenvalue weighted by molar-refractivity contribution is 5.72. The Kier molecular flexibility index (Phi) is 2.92. The molecule has 1 aliphatic rings. The van der Waals surface area contributed by atoms with Crippen molar-refractivity contribution in [1.82, 2.24) is 0 Å². The van der Waals surface area contributed by atoms with Gasteiger partial charge in [-0.3, -0.25) is 4.79 Å². The number of esters is 1. The molecule has 0 aromatic heterocycles. The second-order valence-corrected chi connectivity index (χ2v) is 3.23. The zero-order valence-electron chi connectivity index (χ0n) is 7.30. The smallest absolute Gasteiger partial charge is 0.308 e. The van der Waals surface area contributed by atoms with E-state index < -0.39 is 0 Å². The van der Waals surface area contributed by atoms with Gasteiger partial charge in [0.15, 0.2) is 0 Å². The molecule has 0 spiro atoms. The van der Waals surface area contributed by atoms with Gasteiger partial charge in [-0.1, -0.05) is 13.3 Å². The fourth-order valence-corrected chi connectivity index (χ4v) is 1.41. The minimum atomic E-state index is -0.0165. The summed E-state index contributed by atoms with van der Waals surface area (Å²) in [6.07, 6.45) is 3.70. The molecule has 0 amide bonds. The first-order chi connectivity index (χ1) is 5.25. The van der Waals surface area contributed by atoms with Crippen LogP contribution in [0.2, 0.25) is 0 Å². The molecule has 0 saturated heterocycles. The van der Waals surface area contributed by atoms with E-state index in [1.165, 1.54) is 19.3 Å². The van der Waals surface area contributed by atoms with Gasteiger partial charge in [0.1, 0.15) is 0 Å². The maximum absolute atomic E-state index is 11.2. The zero-order valence-corrected chi connectivity index (χ0v) is 7.30. The second-order valence-electron chi connectivity index (χ2n) is 3.23. The van der Waals surface area contributed by atoms with Crippen molar-refractivity contribution in [2.75, 3.05) is 6.61 Å². The van der Waals surface area contributed by atoms with Gasteiger partial charge >= 0.3 is 5.97 Å². The molecule has 1 saturated carbocycles. The molecular formula is C9H16O2. The predicted molar refractivity (Wildman–Crippen MR) is 43.1 cm³/mol. The molecule has 1 rings (SSSR count). The summed E-state index contributed by atoms with van der Waals surface area (Å²) < 4.78 is 4.92. The Labute approximate surface area is 67.9 Å². The summed E-state index contributed by atoms with van der Waals surface area (Å²) in [5.74, 6) is 0.718. The van der Waals surface area contributed by atoms with E-state index in [2.05, 4.69) is 0 Å². The van der Waals surface area contributed by atoms with Gasteiger partial charge in [-0.2, -0.15) is 0 Å². The third-order valence-corrected chi connectivity index (χ3v) is 2.52. The van der Waals surface area contributed by atoms with Crippen molar-refractivity contribution in [3.63, 3.8) is 0 Å². The van der Waals surface area contributed by atoms with E-state index >= 15 is 0 Å². The fraction of sp³-hybridized carbons (Fsp3) is 0.889. The van der Waals surface area contributed by atoms with Crippen molar-refractivity contribution in [2.45, 2.75) is 33.1 Å². The molecule has 1 fully saturated rings. The van der Waals surface area contributed by atoms with Crippen molar-refractivity contribution < 1.29 is 9.53 Å². The summed E-state index contributed by atoms with van der Waals surface area (Å²) in [6, 6.07) is 0. The molecule has 0 aromatic carbocycles. The van der Waals surface area contributed by atoms with E-state index in [0.29, 0.717) is 12.5 Å². The molecule has 2 heteroatoms. The van der Waals surface area contributed by atoms with Crippen molar-refractivity contribution in [2.24, 2.45) is 11.8 Å². The van der Waals surface area contributed by atoms with Crippen LogP contribution in [0.4, 0.5) is 0 Å². The lowest BCUT2D eigenvalue weighted by molar-refractivity contribution is -0.150. The standard InChI is InChI=1S/C9H16O2/c1-3-11-9(10)7(2)8-5-4-6-8/h7-8H,3-6H2,1-2H3/t7-/m1/s1. The lowest BCUT2D eigenvalue weighted by Gasteiger charge is -2.29. The Hall–Kier alpha value is -0.530. The quantitative estimate of drug-likeness (QED) is 0.584. The highest BCUT2D eigenvalue weighted by Crippen LogP contribution is 2.33. The van der Waals surface area contributed by atoms with E-state index in [1.807, 2.05) is 13.8 Å². The summed E-state index contributed by atoms with van der Waals surface area (Å²) in [5, 5.41) is 0. The van der Waals surface area contributed by atoms with E-state index in [0.717, 1.165) is 0 Å². The number of carbonyl (C=O) groups is 1. The van der Waals surface area contributed by atoms with Crippen LogP contribution < -0.4 is 0 Å². The van der Waals surface area contributed by atoms with Gasteiger partial charge in [0.2, 0.25) is 0 Å². The first kappa shape index (κ1) is 8.57. The molecule has 64 valence electrons. The van der Waals surface area contributed by atoms with E-state index in [-0.39, 0.29) is 11.9 Å². The van der Waals surface area contributed by atoms with Crippen molar-refractivity contribution in [3.8, 4) is 0 Å². The second kappa shape index (κ2) is 3.74. The molecule has 11 heavy (non-hydrogen) atoms. The third-order valence-electron chi connectivity index (χ3n) is 2.52. The first-order valence-corrected chi connectivity index (χ1v) is 4.42. The van der Waals surface area contributed by atoms with Crippen LogP contribution >= 0.6 is 0 Å². The van der Waals surface area contributed by atoms with Crippen LogP contribution in [0.15, 0.2) is 0 Å². The molecule has 0 N–H and O–H groups in total. The normalized spacial score (nSPS) is 20.5. The van der Waals surface area contributed by atoms with Crippen LogP contribution in [0.25, 0.3) is 0 Å². The molecule has 0 aliphatic heterocycles. The van der Waals surface area contributed by atoms with Gasteiger partial charge in [-0.05, 0) is 25.7 Å². The van der Waals surface area contributed by atoms with Crippen LogP contribution in [0.3, 0.4) is 0 Å². The minimum Gasteiger partial charge on any atom is -0.466 e. The third kappa shape index (κ3) is 1.95. The lowest BCUT2D eigenvalue weighted by atomic mass is 9.77. The fourth-order valence-electron chi connectivity index (χ4n) is 1.41. The Morgan fingerprint density at radius 3 is 2.64 bits per heavy atom. The van der Waals surface area contributed by atoms with E-state index in [4.69, 9.17) is 4.74 Å². The highest BCUT2D eigenvalue weighted by atomic mass is 16.5. The summed E-state index contributed by atoms with van der Waals surface area (Å²) in [7, 11) is 0. The number of hydrogen-bond acceptors (Lipinski definition) is 2. The van der Waals surface area contributed by atoms with E-state index in [1.54, 1.807) is 0 Å². The van der Waals surface area contributed by atoms with Crippen molar-refractivity contribution in [1.29, 1.82) is 0 Å². The molecule has 0 bridgehead atoms. The average Bonchev–Trinajstić information content (AvgIpc) is 1.84. The Bertz CT molecular complexity index is 138. The number of carbonyl (C=O) groups excluding carboxylic acids is 1. The first-order valence-electron chi connectivity index (χ1n) is 4.42. The molecule has 0 heterocycles. The van der Waals surface area contributed by atoms with Gasteiger partial charge < -0.3 is 4.74 Å². The maximum Gasteiger partial charge on any atom is 0.308 e. The summed E-state index contributed by atoms with van der Waals surface area (Å²) in [5.41, 5.74) is 0. The molecule has 1 atom stereocenters. The van der Waals surface area contributed by atoms with Crippen LogP contribution in [0.1, 0.15) is 33.1 Å².